The number of aryl methyl sites for hydroxylation is 2. The molecule has 26 heavy (non-hydrogen) atoms. The number of anilines is 1. The van der Waals surface area contributed by atoms with Gasteiger partial charge in [0.2, 0.25) is 0 Å². The summed E-state index contributed by atoms with van der Waals surface area (Å²) in [5.41, 5.74) is 3.74. The van der Waals surface area contributed by atoms with Gasteiger partial charge in [-0.25, -0.2) is 4.79 Å². The van der Waals surface area contributed by atoms with Crippen molar-refractivity contribution in [2.45, 2.75) is 27.7 Å². The molecule has 0 aliphatic heterocycles. The lowest BCUT2D eigenvalue weighted by molar-refractivity contribution is -0.118. The molecule has 2 rings (SSSR count). The molecule has 0 unspecified atom stereocenters. The number of carbonyl (C=O) groups is 2. The number of esters is 1. The third-order valence-electron chi connectivity index (χ3n) is 3.88. The number of hydrogen-bond acceptors (Lipinski definition) is 4. The molecule has 0 saturated heterocycles. The molecule has 1 N–H and O–H groups in total. The average molecular weight is 420 g/mol. The number of halogens is 1. The second-order valence-electron chi connectivity index (χ2n) is 5.91. The van der Waals surface area contributed by atoms with Crippen molar-refractivity contribution in [2.24, 2.45) is 0 Å². The van der Waals surface area contributed by atoms with Gasteiger partial charge in [0, 0.05) is 10.2 Å². The molecule has 0 spiro atoms. The molecule has 0 atom stereocenters. The van der Waals surface area contributed by atoms with Crippen LogP contribution in [0.2, 0.25) is 0 Å². The van der Waals surface area contributed by atoms with Crippen molar-refractivity contribution < 1.29 is 19.1 Å². The molecule has 0 bridgehead atoms. The number of benzene rings is 2. The zero-order valence-electron chi connectivity index (χ0n) is 15.3. The molecule has 0 fully saturated rings. The van der Waals surface area contributed by atoms with Crippen LogP contribution in [0.5, 0.6) is 5.75 Å². The second kappa shape index (κ2) is 8.85. The smallest absolute Gasteiger partial charge is 0.338 e. The van der Waals surface area contributed by atoms with E-state index in [1.165, 1.54) is 0 Å². The summed E-state index contributed by atoms with van der Waals surface area (Å²) in [4.78, 5) is 24.2. The molecule has 1 amide bonds. The molecule has 0 aromatic heterocycles. The maximum atomic E-state index is 12.2. The third-order valence-corrected chi connectivity index (χ3v) is 5.13. The van der Waals surface area contributed by atoms with Crippen molar-refractivity contribution in [2.75, 3.05) is 18.5 Å². The Labute approximate surface area is 161 Å². The molecule has 6 heteroatoms. The topological polar surface area (TPSA) is 64.6 Å². The molecule has 2 aromatic carbocycles. The molecule has 0 aliphatic rings. The fraction of sp³-hybridized carbons (Fsp3) is 0.300. The lowest BCUT2D eigenvalue weighted by Crippen LogP contribution is -2.21. The minimum atomic E-state index is -0.404. The minimum absolute atomic E-state index is 0.121. The number of hydrogen-bond donors (Lipinski definition) is 1. The summed E-state index contributed by atoms with van der Waals surface area (Å²) < 4.78 is 11.6. The lowest BCUT2D eigenvalue weighted by Gasteiger charge is -2.13. The highest BCUT2D eigenvalue weighted by Gasteiger charge is 2.14. The number of ether oxygens (including phenoxy) is 2. The SMILES string of the molecule is CCOC(=O)c1cccc(NC(=O)COc2cc(C)c(Br)c(C)c2)c1C. The summed E-state index contributed by atoms with van der Waals surface area (Å²) in [5.74, 6) is -0.0687. The quantitative estimate of drug-likeness (QED) is 0.696. The monoisotopic (exact) mass is 419 g/mol. The van der Waals surface area contributed by atoms with Crippen molar-refractivity contribution in [3.8, 4) is 5.75 Å². The van der Waals surface area contributed by atoms with Crippen LogP contribution in [0.15, 0.2) is 34.8 Å². The van der Waals surface area contributed by atoms with Gasteiger partial charge < -0.3 is 14.8 Å². The van der Waals surface area contributed by atoms with E-state index in [0.29, 0.717) is 29.2 Å². The van der Waals surface area contributed by atoms with E-state index in [-0.39, 0.29) is 12.5 Å². The molecular weight excluding hydrogens is 398 g/mol. The lowest BCUT2D eigenvalue weighted by atomic mass is 10.1. The first-order valence-electron chi connectivity index (χ1n) is 8.29. The predicted octanol–water partition coefficient (Wildman–Crippen LogP) is 4.57. The molecule has 2 aromatic rings. The molecule has 0 heterocycles. The van der Waals surface area contributed by atoms with Crippen molar-refractivity contribution in [1.82, 2.24) is 0 Å². The molecule has 138 valence electrons. The van der Waals surface area contributed by atoms with Gasteiger partial charge in [-0.2, -0.15) is 0 Å². The van der Waals surface area contributed by atoms with E-state index in [2.05, 4.69) is 21.2 Å². The Kier molecular flexibility index (Phi) is 6.80. The Morgan fingerprint density at radius 3 is 2.38 bits per heavy atom. The Bertz CT molecular complexity index is 810. The minimum Gasteiger partial charge on any atom is -0.484 e. The molecular formula is C20H22BrNO4. The fourth-order valence-electron chi connectivity index (χ4n) is 2.53. The standard InChI is InChI=1S/C20H22BrNO4/c1-5-25-20(24)16-7-6-8-17(14(16)4)22-18(23)11-26-15-9-12(2)19(21)13(3)10-15/h6-10H,5,11H2,1-4H3,(H,22,23). The highest BCUT2D eigenvalue weighted by molar-refractivity contribution is 9.10. The van der Waals surface area contributed by atoms with E-state index in [0.717, 1.165) is 15.6 Å². The van der Waals surface area contributed by atoms with E-state index in [9.17, 15) is 9.59 Å². The van der Waals surface area contributed by atoms with Crippen LogP contribution in [0.3, 0.4) is 0 Å². The summed E-state index contributed by atoms with van der Waals surface area (Å²) in [6, 6.07) is 8.86. The Hall–Kier alpha value is -2.34. The van der Waals surface area contributed by atoms with Crippen LogP contribution in [0, 0.1) is 20.8 Å². The largest absolute Gasteiger partial charge is 0.484 e. The zero-order valence-corrected chi connectivity index (χ0v) is 16.9. The number of carbonyl (C=O) groups excluding carboxylic acids is 2. The van der Waals surface area contributed by atoms with Crippen LogP contribution in [0.25, 0.3) is 0 Å². The van der Waals surface area contributed by atoms with Crippen molar-refractivity contribution in [3.63, 3.8) is 0 Å². The number of nitrogens with one attached hydrogen (secondary N) is 1. The first-order valence-corrected chi connectivity index (χ1v) is 9.09. The predicted molar refractivity (Wildman–Crippen MR) is 105 cm³/mol. The van der Waals surface area contributed by atoms with Crippen LogP contribution in [0.4, 0.5) is 5.69 Å². The normalized spacial score (nSPS) is 10.3. The van der Waals surface area contributed by atoms with Gasteiger partial charge in [0.05, 0.1) is 12.2 Å². The van der Waals surface area contributed by atoms with Gasteiger partial charge in [-0.3, -0.25) is 4.79 Å². The third kappa shape index (κ3) is 4.85. The van der Waals surface area contributed by atoms with Crippen molar-refractivity contribution >= 4 is 33.5 Å². The molecule has 0 saturated carbocycles. The first kappa shape index (κ1) is 20.0. The Morgan fingerprint density at radius 2 is 1.77 bits per heavy atom. The molecule has 0 aliphatic carbocycles. The van der Waals surface area contributed by atoms with Crippen LogP contribution < -0.4 is 10.1 Å². The Balaban J connectivity index is 2.04. The average Bonchev–Trinajstić information content (AvgIpc) is 2.59. The van der Waals surface area contributed by atoms with Gasteiger partial charge in [0.1, 0.15) is 5.75 Å². The summed E-state index contributed by atoms with van der Waals surface area (Å²) in [7, 11) is 0. The Morgan fingerprint density at radius 1 is 1.12 bits per heavy atom. The van der Waals surface area contributed by atoms with Gasteiger partial charge in [0.25, 0.3) is 5.91 Å². The summed E-state index contributed by atoms with van der Waals surface area (Å²) >= 11 is 3.50. The highest BCUT2D eigenvalue weighted by Crippen LogP contribution is 2.26. The van der Waals surface area contributed by atoms with Gasteiger partial charge >= 0.3 is 5.97 Å². The summed E-state index contributed by atoms with van der Waals surface area (Å²) in [6.45, 7) is 7.63. The van der Waals surface area contributed by atoms with Gasteiger partial charge in [-0.15, -0.1) is 0 Å². The zero-order chi connectivity index (χ0) is 19.3. The van der Waals surface area contributed by atoms with Crippen LogP contribution >= 0.6 is 15.9 Å². The highest BCUT2D eigenvalue weighted by atomic mass is 79.9. The molecule has 0 radical (unpaired) electrons. The number of rotatable bonds is 6. The van der Waals surface area contributed by atoms with Crippen molar-refractivity contribution in [3.05, 3.63) is 57.1 Å². The maximum Gasteiger partial charge on any atom is 0.338 e. The van der Waals surface area contributed by atoms with E-state index < -0.39 is 5.97 Å². The first-order chi connectivity index (χ1) is 12.3. The van der Waals surface area contributed by atoms with E-state index in [4.69, 9.17) is 9.47 Å². The summed E-state index contributed by atoms with van der Waals surface area (Å²) in [5, 5.41) is 2.78. The number of amides is 1. The van der Waals surface area contributed by atoms with Crippen LogP contribution in [0.1, 0.15) is 34.0 Å². The van der Waals surface area contributed by atoms with Gasteiger partial charge in [-0.05, 0) is 68.7 Å². The van der Waals surface area contributed by atoms with Gasteiger partial charge in [-0.1, -0.05) is 22.0 Å². The second-order valence-corrected chi connectivity index (χ2v) is 6.70. The van der Waals surface area contributed by atoms with E-state index in [1.54, 1.807) is 32.0 Å². The van der Waals surface area contributed by atoms with Crippen LogP contribution in [-0.4, -0.2) is 25.1 Å². The van der Waals surface area contributed by atoms with Crippen LogP contribution in [-0.2, 0) is 9.53 Å². The maximum absolute atomic E-state index is 12.2. The summed E-state index contributed by atoms with van der Waals surface area (Å²) in [6.07, 6.45) is 0. The van der Waals surface area contributed by atoms with Crippen molar-refractivity contribution in [1.29, 1.82) is 0 Å². The van der Waals surface area contributed by atoms with Gasteiger partial charge in [0.15, 0.2) is 6.61 Å². The van der Waals surface area contributed by atoms with E-state index >= 15 is 0 Å². The van der Waals surface area contributed by atoms with E-state index in [1.807, 2.05) is 26.0 Å². The molecule has 5 nitrogen and oxygen atoms in total. The fourth-order valence-corrected chi connectivity index (χ4v) is 2.75.